The van der Waals surface area contributed by atoms with E-state index in [9.17, 15) is 4.79 Å². The highest BCUT2D eigenvalue weighted by atomic mass is 28.4. The number of cyclic esters (lactones) is 1. The highest BCUT2D eigenvalue weighted by Gasteiger charge is 2.52. The van der Waals surface area contributed by atoms with Crippen molar-refractivity contribution < 1.29 is 18.7 Å². The molecule has 0 aromatic heterocycles. The Balaban J connectivity index is 1.71. The number of rotatable bonds is 9. The zero-order valence-corrected chi connectivity index (χ0v) is 21.3. The number of hydrogen-bond donors (Lipinski definition) is 0. The minimum Gasteiger partial charge on any atom is -0.460 e. The quantitative estimate of drug-likeness (QED) is 0.328. The Bertz CT molecular complexity index is 1010. The van der Waals surface area contributed by atoms with Gasteiger partial charge in [0.2, 0.25) is 0 Å². The van der Waals surface area contributed by atoms with Crippen LogP contribution in [0.25, 0.3) is 0 Å². The lowest BCUT2D eigenvalue weighted by Gasteiger charge is -2.45. The minimum atomic E-state index is -2.80. The molecule has 0 radical (unpaired) electrons. The monoisotopic (exact) mass is 474 g/mol. The molecule has 1 aliphatic heterocycles. The molecule has 2 atom stereocenters. The molecular formula is C29H34O4Si. The number of esters is 1. The predicted octanol–water partition coefficient (Wildman–Crippen LogP) is 4.85. The lowest BCUT2D eigenvalue weighted by Crippen LogP contribution is -2.68. The van der Waals surface area contributed by atoms with E-state index in [2.05, 4.69) is 69.3 Å². The van der Waals surface area contributed by atoms with Gasteiger partial charge in [-0.25, -0.2) is 0 Å². The fourth-order valence-corrected chi connectivity index (χ4v) is 9.50. The van der Waals surface area contributed by atoms with Gasteiger partial charge < -0.3 is 13.9 Å². The summed E-state index contributed by atoms with van der Waals surface area (Å²) in [7, 11) is -2.80. The van der Waals surface area contributed by atoms with Crippen molar-refractivity contribution in [2.45, 2.75) is 57.5 Å². The molecule has 0 saturated carbocycles. The third-order valence-corrected chi connectivity index (χ3v) is 11.5. The third kappa shape index (κ3) is 5.33. The number of ether oxygens (including phenoxy) is 2. The van der Waals surface area contributed by atoms with Crippen molar-refractivity contribution in [1.29, 1.82) is 0 Å². The second-order valence-electron chi connectivity index (χ2n) is 9.89. The average Bonchev–Trinajstić information content (AvgIpc) is 3.28. The fourth-order valence-electron chi connectivity index (χ4n) is 4.81. The van der Waals surface area contributed by atoms with Crippen LogP contribution in [-0.4, -0.2) is 33.1 Å². The van der Waals surface area contributed by atoms with Gasteiger partial charge in [-0.2, -0.15) is 0 Å². The first-order valence-corrected chi connectivity index (χ1v) is 13.9. The SMILES string of the molecule is CC(C)(C)[Si](O[C@@H](COCc1ccccc1)[C@@H]1CCC(=O)O1)(c1ccccc1)c1ccccc1. The molecule has 34 heavy (non-hydrogen) atoms. The van der Waals surface area contributed by atoms with Gasteiger partial charge in [-0.3, -0.25) is 4.79 Å². The van der Waals surface area contributed by atoms with Gasteiger partial charge in [0.25, 0.3) is 8.32 Å². The zero-order chi connectivity index (χ0) is 24.0. The van der Waals surface area contributed by atoms with Crippen LogP contribution < -0.4 is 10.4 Å². The maximum atomic E-state index is 12.0. The molecule has 0 N–H and O–H groups in total. The van der Waals surface area contributed by atoms with E-state index in [0.29, 0.717) is 26.1 Å². The normalized spacial score (nSPS) is 17.4. The third-order valence-electron chi connectivity index (χ3n) is 6.47. The van der Waals surface area contributed by atoms with Crippen LogP contribution in [0, 0.1) is 0 Å². The highest BCUT2D eigenvalue weighted by molar-refractivity contribution is 6.99. The number of hydrogen-bond acceptors (Lipinski definition) is 4. The van der Waals surface area contributed by atoms with Crippen molar-refractivity contribution in [3.63, 3.8) is 0 Å². The Labute approximate surface area is 204 Å². The van der Waals surface area contributed by atoms with Crippen LogP contribution in [0.3, 0.4) is 0 Å². The van der Waals surface area contributed by atoms with E-state index in [1.165, 1.54) is 10.4 Å². The Morgan fingerprint density at radius 1 is 0.882 bits per heavy atom. The van der Waals surface area contributed by atoms with Crippen molar-refractivity contribution in [1.82, 2.24) is 0 Å². The van der Waals surface area contributed by atoms with Gasteiger partial charge in [-0.1, -0.05) is 112 Å². The number of carbonyl (C=O) groups excluding carboxylic acids is 1. The van der Waals surface area contributed by atoms with Gasteiger partial charge in [0.1, 0.15) is 12.2 Å². The zero-order valence-electron chi connectivity index (χ0n) is 20.3. The Morgan fingerprint density at radius 3 is 1.88 bits per heavy atom. The summed E-state index contributed by atoms with van der Waals surface area (Å²) < 4.78 is 19.2. The smallest absolute Gasteiger partial charge is 0.306 e. The summed E-state index contributed by atoms with van der Waals surface area (Å²) in [4.78, 5) is 12.0. The van der Waals surface area contributed by atoms with Gasteiger partial charge in [0.05, 0.1) is 13.2 Å². The van der Waals surface area contributed by atoms with E-state index < -0.39 is 8.32 Å². The summed E-state index contributed by atoms with van der Waals surface area (Å²) in [6, 6.07) is 31.2. The molecule has 0 amide bonds. The predicted molar refractivity (Wildman–Crippen MR) is 138 cm³/mol. The van der Waals surface area contributed by atoms with Crippen LogP contribution in [0.1, 0.15) is 39.2 Å². The Hall–Kier alpha value is -2.73. The molecule has 0 unspecified atom stereocenters. The number of carbonyl (C=O) groups is 1. The first-order chi connectivity index (χ1) is 16.4. The Kier molecular flexibility index (Phi) is 7.66. The molecule has 1 aliphatic rings. The first kappa shape index (κ1) is 24.4. The summed E-state index contributed by atoms with van der Waals surface area (Å²) in [5.74, 6) is -0.163. The average molecular weight is 475 g/mol. The fraction of sp³-hybridized carbons (Fsp3) is 0.345. The molecule has 4 nitrogen and oxygen atoms in total. The first-order valence-electron chi connectivity index (χ1n) is 12.0. The van der Waals surface area contributed by atoms with Crippen molar-refractivity contribution in [3.05, 3.63) is 96.6 Å². The van der Waals surface area contributed by atoms with E-state index in [-0.39, 0.29) is 23.2 Å². The maximum absolute atomic E-state index is 12.0. The molecule has 0 bridgehead atoms. The van der Waals surface area contributed by atoms with E-state index >= 15 is 0 Å². The summed E-state index contributed by atoms with van der Waals surface area (Å²) in [5.41, 5.74) is 1.11. The number of benzene rings is 3. The highest BCUT2D eigenvalue weighted by Crippen LogP contribution is 2.38. The molecule has 1 saturated heterocycles. The molecule has 3 aromatic rings. The second kappa shape index (κ2) is 10.7. The van der Waals surface area contributed by atoms with Gasteiger partial charge in [0, 0.05) is 6.42 Å². The van der Waals surface area contributed by atoms with Crippen molar-refractivity contribution >= 4 is 24.7 Å². The second-order valence-corrected chi connectivity index (χ2v) is 14.1. The summed E-state index contributed by atoms with van der Waals surface area (Å²) >= 11 is 0. The van der Waals surface area contributed by atoms with Gasteiger partial charge in [-0.05, 0) is 27.4 Å². The molecule has 4 rings (SSSR count). The van der Waals surface area contributed by atoms with E-state index in [1.54, 1.807) is 0 Å². The van der Waals surface area contributed by atoms with Crippen molar-refractivity contribution in [2.75, 3.05) is 6.61 Å². The molecule has 3 aromatic carbocycles. The van der Waals surface area contributed by atoms with Crippen LogP contribution >= 0.6 is 0 Å². The minimum absolute atomic E-state index is 0.163. The van der Waals surface area contributed by atoms with E-state index in [0.717, 1.165) is 5.56 Å². The molecule has 1 heterocycles. The largest absolute Gasteiger partial charge is 0.460 e. The van der Waals surface area contributed by atoms with Crippen LogP contribution in [-0.2, 0) is 25.3 Å². The van der Waals surface area contributed by atoms with Gasteiger partial charge in [-0.15, -0.1) is 0 Å². The summed E-state index contributed by atoms with van der Waals surface area (Å²) in [6.07, 6.45) is 0.395. The molecule has 5 heteroatoms. The molecule has 1 fully saturated rings. The van der Waals surface area contributed by atoms with Crippen LogP contribution in [0.15, 0.2) is 91.0 Å². The molecular weight excluding hydrogens is 440 g/mol. The van der Waals surface area contributed by atoms with Crippen LogP contribution in [0.2, 0.25) is 5.04 Å². The van der Waals surface area contributed by atoms with Crippen molar-refractivity contribution in [2.24, 2.45) is 0 Å². The van der Waals surface area contributed by atoms with Gasteiger partial charge in [0.15, 0.2) is 0 Å². The Morgan fingerprint density at radius 2 is 1.41 bits per heavy atom. The standard InChI is InChI=1S/C29H34O4Si/c1-29(2,3)34(24-15-9-5-10-16-24,25-17-11-6-12-18-25)33-27(26-19-20-28(30)32-26)22-31-21-23-13-7-4-8-14-23/h4-18,26-27H,19-22H2,1-3H3/t26-,27-/m0/s1. The molecule has 178 valence electrons. The van der Waals surface area contributed by atoms with Crippen molar-refractivity contribution in [3.8, 4) is 0 Å². The van der Waals surface area contributed by atoms with Gasteiger partial charge >= 0.3 is 5.97 Å². The molecule has 0 aliphatic carbocycles. The van der Waals surface area contributed by atoms with E-state index in [1.807, 2.05) is 42.5 Å². The molecule has 0 spiro atoms. The lowest BCUT2D eigenvalue weighted by atomic mass is 10.1. The summed E-state index contributed by atoms with van der Waals surface area (Å²) in [5, 5.41) is 2.23. The maximum Gasteiger partial charge on any atom is 0.306 e. The topological polar surface area (TPSA) is 44.8 Å². The lowest BCUT2D eigenvalue weighted by molar-refractivity contribution is -0.146. The van der Waals surface area contributed by atoms with Crippen LogP contribution in [0.4, 0.5) is 0 Å². The van der Waals surface area contributed by atoms with E-state index in [4.69, 9.17) is 13.9 Å². The van der Waals surface area contributed by atoms with Crippen LogP contribution in [0.5, 0.6) is 0 Å². The summed E-state index contributed by atoms with van der Waals surface area (Å²) in [6.45, 7) is 7.60.